The highest BCUT2D eigenvalue weighted by molar-refractivity contribution is 5.28. The van der Waals surface area contributed by atoms with Crippen molar-refractivity contribution in [2.75, 3.05) is 6.61 Å². The molecule has 0 aliphatic rings. The van der Waals surface area contributed by atoms with Gasteiger partial charge < -0.3 is 10.5 Å². The zero-order valence-corrected chi connectivity index (χ0v) is 13.3. The van der Waals surface area contributed by atoms with Crippen molar-refractivity contribution in [3.05, 3.63) is 35.4 Å². The van der Waals surface area contributed by atoms with E-state index in [4.69, 9.17) is 10.5 Å². The summed E-state index contributed by atoms with van der Waals surface area (Å²) in [5, 5.41) is 0. The Bertz CT molecular complexity index is 387. The zero-order chi connectivity index (χ0) is 14.7. The van der Waals surface area contributed by atoms with Gasteiger partial charge in [-0.05, 0) is 43.7 Å². The van der Waals surface area contributed by atoms with Crippen LogP contribution >= 0.6 is 0 Å². The van der Waals surface area contributed by atoms with Crippen LogP contribution in [0.5, 0.6) is 0 Å². The van der Waals surface area contributed by atoms with Crippen LogP contribution in [0, 0.1) is 0 Å². The summed E-state index contributed by atoms with van der Waals surface area (Å²) in [6, 6.07) is 8.78. The first kappa shape index (κ1) is 16.2. The normalized spacial score (nSPS) is 14.5. The number of ether oxygens (including phenoxy) is 1. The molecule has 0 saturated heterocycles. The average molecular weight is 263 g/mol. The summed E-state index contributed by atoms with van der Waals surface area (Å²) in [6.07, 6.45) is 0.845. The van der Waals surface area contributed by atoms with Crippen LogP contribution in [0.4, 0.5) is 0 Å². The molecule has 19 heavy (non-hydrogen) atoms. The van der Waals surface area contributed by atoms with Gasteiger partial charge in [0.15, 0.2) is 0 Å². The Morgan fingerprint density at radius 1 is 1.05 bits per heavy atom. The largest absolute Gasteiger partial charge is 0.374 e. The molecule has 0 radical (unpaired) electrons. The maximum Gasteiger partial charge on any atom is 0.0779 e. The smallest absolute Gasteiger partial charge is 0.0779 e. The number of rotatable bonds is 5. The number of hydrogen-bond donors (Lipinski definition) is 1. The van der Waals surface area contributed by atoms with E-state index in [2.05, 4.69) is 58.9 Å². The van der Waals surface area contributed by atoms with E-state index < -0.39 is 0 Å². The van der Waals surface area contributed by atoms with Crippen LogP contribution in [0.2, 0.25) is 0 Å². The van der Waals surface area contributed by atoms with Crippen molar-refractivity contribution >= 4 is 0 Å². The van der Waals surface area contributed by atoms with Crippen LogP contribution in [-0.2, 0) is 16.6 Å². The first-order chi connectivity index (χ1) is 8.66. The lowest BCUT2D eigenvalue weighted by Crippen LogP contribution is -2.46. The number of nitrogens with two attached hydrogens (primary N) is 1. The lowest BCUT2D eigenvalue weighted by molar-refractivity contribution is -0.0288. The molecule has 0 aliphatic heterocycles. The van der Waals surface area contributed by atoms with Crippen molar-refractivity contribution in [2.24, 2.45) is 5.73 Å². The van der Waals surface area contributed by atoms with Gasteiger partial charge in [0.05, 0.1) is 5.60 Å². The van der Waals surface area contributed by atoms with Gasteiger partial charge >= 0.3 is 0 Å². The summed E-state index contributed by atoms with van der Waals surface area (Å²) >= 11 is 0. The predicted octanol–water partition coefficient (Wildman–Crippen LogP) is 3.67. The molecule has 0 spiro atoms. The fourth-order valence-electron chi connectivity index (χ4n) is 2.12. The third-order valence-electron chi connectivity index (χ3n) is 3.68. The molecule has 1 atom stereocenters. The molecule has 1 unspecified atom stereocenters. The fraction of sp³-hybridized carbons (Fsp3) is 0.647. The Morgan fingerprint density at radius 3 is 2.00 bits per heavy atom. The maximum absolute atomic E-state index is 6.27. The lowest BCUT2D eigenvalue weighted by atomic mass is 9.85. The second-order valence-corrected chi connectivity index (χ2v) is 6.79. The van der Waals surface area contributed by atoms with Crippen LogP contribution < -0.4 is 5.73 Å². The van der Waals surface area contributed by atoms with E-state index in [1.807, 2.05) is 6.92 Å². The third-order valence-corrected chi connectivity index (χ3v) is 3.68. The van der Waals surface area contributed by atoms with Crippen LogP contribution in [-0.4, -0.2) is 18.2 Å². The zero-order valence-electron chi connectivity index (χ0n) is 13.3. The van der Waals surface area contributed by atoms with Gasteiger partial charge in [-0.3, -0.25) is 0 Å². The van der Waals surface area contributed by atoms with Gasteiger partial charge in [-0.15, -0.1) is 0 Å². The van der Waals surface area contributed by atoms with E-state index in [9.17, 15) is 0 Å². The summed E-state index contributed by atoms with van der Waals surface area (Å²) in [5.41, 5.74) is 8.81. The molecule has 0 saturated carbocycles. The molecule has 0 heterocycles. The third kappa shape index (κ3) is 4.63. The average Bonchev–Trinajstić information content (AvgIpc) is 2.28. The fourth-order valence-corrected chi connectivity index (χ4v) is 2.12. The summed E-state index contributed by atoms with van der Waals surface area (Å²) in [6.45, 7) is 13.5. The molecule has 2 N–H and O–H groups in total. The monoisotopic (exact) mass is 263 g/mol. The Hall–Kier alpha value is -0.860. The Morgan fingerprint density at radius 2 is 1.58 bits per heavy atom. The summed E-state index contributed by atoms with van der Waals surface area (Å²) < 4.78 is 5.72. The molecule has 0 aromatic heterocycles. The second kappa shape index (κ2) is 6.06. The quantitative estimate of drug-likeness (QED) is 0.879. The van der Waals surface area contributed by atoms with E-state index in [0.29, 0.717) is 6.61 Å². The van der Waals surface area contributed by atoms with Crippen molar-refractivity contribution in [2.45, 2.75) is 65.0 Å². The highest BCUT2D eigenvalue weighted by atomic mass is 16.5. The van der Waals surface area contributed by atoms with Crippen molar-refractivity contribution in [1.29, 1.82) is 0 Å². The minimum Gasteiger partial charge on any atom is -0.374 e. The SMILES string of the molecule is CCOC(C)(C)C(N)Cc1ccc(C(C)(C)C)cc1. The van der Waals surface area contributed by atoms with Crippen molar-refractivity contribution < 1.29 is 4.74 Å². The molecular weight excluding hydrogens is 234 g/mol. The van der Waals surface area contributed by atoms with Gasteiger partial charge in [-0.25, -0.2) is 0 Å². The number of hydrogen-bond acceptors (Lipinski definition) is 2. The van der Waals surface area contributed by atoms with Crippen LogP contribution in [0.15, 0.2) is 24.3 Å². The molecule has 108 valence electrons. The Labute approximate surface area is 118 Å². The molecule has 0 amide bonds. The van der Waals surface area contributed by atoms with Gasteiger partial charge in [0.25, 0.3) is 0 Å². The first-order valence-electron chi connectivity index (χ1n) is 7.16. The Balaban J connectivity index is 2.73. The van der Waals surface area contributed by atoms with Crippen LogP contribution in [0.1, 0.15) is 52.7 Å². The Kier molecular flexibility index (Phi) is 5.17. The highest BCUT2D eigenvalue weighted by Gasteiger charge is 2.26. The molecule has 0 aliphatic carbocycles. The van der Waals surface area contributed by atoms with E-state index in [1.165, 1.54) is 11.1 Å². The molecule has 2 heteroatoms. The summed E-state index contributed by atoms with van der Waals surface area (Å²) in [4.78, 5) is 0. The standard InChI is InChI=1S/C17H29NO/c1-7-19-17(5,6)15(18)12-13-8-10-14(11-9-13)16(2,3)4/h8-11,15H,7,12,18H2,1-6H3. The lowest BCUT2D eigenvalue weighted by Gasteiger charge is -2.31. The molecule has 1 aromatic rings. The van der Waals surface area contributed by atoms with E-state index >= 15 is 0 Å². The molecule has 0 fully saturated rings. The maximum atomic E-state index is 6.27. The van der Waals surface area contributed by atoms with E-state index in [-0.39, 0.29) is 17.1 Å². The summed E-state index contributed by atoms with van der Waals surface area (Å²) in [7, 11) is 0. The van der Waals surface area contributed by atoms with Gasteiger partial charge in [0, 0.05) is 12.6 Å². The van der Waals surface area contributed by atoms with Crippen molar-refractivity contribution in [3.63, 3.8) is 0 Å². The van der Waals surface area contributed by atoms with Gasteiger partial charge in [0.2, 0.25) is 0 Å². The molecule has 1 rings (SSSR count). The minimum absolute atomic E-state index is 0.00735. The first-order valence-corrected chi connectivity index (χ1v) is 7.16. The summed E-state index contributed by atoms with van der Waals surface area (Å²) in [5.74, 6) is 0. The van der Waals surface area contributed by atoms with Crippen LogP contribution in [0.3, 0.4) is 0 Å². The van der Waals surface area contributed by atoms with Crippen LogP contribution in [0.25, 0.3) is 0 Å². The van der Waals surface area contributed by atoms with E-state index in [0.717, 1.165) is 6.42 Å². The molecular formula is C17H29NO. The van der Waals surface area contributed by atoms with Crippen molar-refractivity contribution in [1.82, 2.24) is 0 Å². The predicted molar refractivity (Wildman–Crippen MR) is 82.5 cm³/mol. The minimum atomic E-state index is -0.280. The second-order valence-electron chi connectivity index (χ2n) is 6.79. The van der Waals surface area contributed by atoms with Crippen molar-refractivity contribution in [3.8, 4) is 0 Å². The highest BCUT2D eigenvalue weighted by Crippen LogP contribution is 2.23. The van der Waals surface area contributed by atoms with E-state index in [1.54, 1.807) is 0 Å². The van der Waals surface area contributed by atoms with Gasteiger partial charge in [-0.2, -0.15) is 0 Å². The van der Waals surface area contributed by atoms with Gasteiger partial charge in [-0.1, -0.05) is 45.0 Å². The topological polar surface area (TPSA) is 35.2 Å². The molecule has 0 bridgehead atoms. The number of benzene rings is 1. The molecule has 2 nitrogen and oxygen atoms in total. The van der Waals surface area contributed by atoms with Gasteiger partial charge in [0.1, 0.15) is 0 Å². The molecule has 1 aromatic carbocycles.